The molecular formula is C15H17BrN2O2. The Morgan fingerprint density at radius 1 is 1.40 bits per heavy atom. The second-order valence-electron chi connectivity index (χ2n) is 4.42. The van der Waals surface area contributed by atoms with Crippen LogP contribution in [0.2, 0.25) is 0 Å². The number of anilines is 1. The van der Waals surface area contributed by atoms with Gasteiger partial charge in [0, 0.05) is 29.0 Å². The molecule has 1 amide bonds. The molecule has 0 aliphatic heterocycles. The maximum Gasteiger partial charge on any atom is 0.272 e. The summed E-state index contributed by atoms with van der Waals surface area (Å²) in [5.41, 5.74) is 1.36. The van der Waals surface area contributed by atoms with Gasteiger partial charge >= 0.3 is 0 Å². The third-order valence-electron chi connectivity index (χ3n) is 2.89. The minimum Gasteiger partial charge on any atom is -0.497 e. The smallest absolute Gasteiger partial charge is 0.272 e. The number of carbonyl (C=O) groups is 1. The quantitative estimate of drug-likeness (QED) is 0.899. The summed E-state index contributed by atoms with van der Waals surface area (Å²) in [5, 5.41) is 2.88. The van der Waals surface area contributed by atoms with Crippen molar-refractivity contribution in [2.75, 3.05) is 12.4 Å². The van der Waals surface area contributed by atoms with Gasteiger partial charge in [-0.05, 0) is 40.5 Å². The van der Waals surface area contributed by atoms with Crippen LogP contribution in [0.3, 0.4) is 0 Å². The Morgan fingerprint density at radius 3 is 2.90 bits per heavy atom. The van der Waals surface area contributed by atoms with Crippen LogP contribution in [0.5, 0.6) is 5.75 Å². The molecule has 5 heteroatoms. The molecule has 2 rings (SSSR count). The van der Waals surface area contributed by atoms with Crippen LogP contribution in [0.4, 0.5) is 5.69 Å². The van der Waals surface area contributed by atoms with Crippen LogP contribution in [-0.2, 0) is 6.54 Å². The molecule has 0 saturated heterocycles. The van der Waals surface area contributed by atoms with Crippen LogP contribution >= 0.6 is 15.9 Å². The molecule has 0 fully saturated rings. The zero-order valence-corrected chi connectivity index (χ0v) is 13.1. The number of carbonyl (C=O) groups excluding carboxylic acids is 1. The molecule has 0 radical (unpaired) electrons. The third-order valence-corrected chi connectivity index (χ3v) is 3.32. The molecule has 1 N–H and O–H groups in total. The Bertz CT molecular complexity index is 608. The summed E-state index contributed by atoms with van der Waals surface area (Å²) in [4.78, 5) is 12.3. The normalized spacial score (nSPS) is 10.3. The second-order valence-corrected chi connectivity index (χ2v) is 5.34. The van der Waals surface area contributed by atoms with Crippen molar-refractivity contribution in [1.29, 1.82) is 0 Å². The van der Waals surface area contributed by atoms with Crippen molar-refractivity contribution in [3.8, 4) is 5.75 Å². The number of methoxy groups -OCH3 is 1. The first-order valence-electron chi connectivity index (χ1n) is 6.45. The highest BCUT2D eigenvalue weighted by Crippen LogP contribution is 2.20. The Kier molecular flexibility index (Phi) is 4.84. The van der Waals surface area contributed by atoms with Crippen molar-refractivity contribution in [1.82, 2.24) is 4.57 Å². The van der Waals surface area contributed by atoms with E-state index in [1.165, 1.54) is 0 Å². The van der Waals surface area contributed by atoms with E-state index >= 15 is 0 Å². The zero-order valence-electron chi connectivity index (χ0n) is 11.5. The predicted molar refractivity (Wildman–Crippen MR) is 83.4 cm³/mol. The fourth-order valence-electron chi connectivity index (χ4n) is 1.99. The van der Waals surface area contributed by atoms with Gasteiger partial charge in [-0.2, -0.15) is 0 Å². The van der Waals surface area contributed by atoms with Gasteiger partial charge in [0.15, 0.2) is 0 Å². The Labute approximate surface area is 126 Å². The van der Waals surface area contributed by atoms with Gasteiger partial charge in [-0.15, -0.1) is 0 Å². The van der Waals surface area contributed by atoms with E-state index in [2.05, 4.69) is 28.2 Å². The van der Waals surface area contributed by atoms with Crippen LogP contribution < -0.4 is 10.1 Å². The van der Waals surface area contributed by atoms with Gasteiger partial charge < -0.3 is 14.6 Å². The average molecular weight is 337 g/mol. The highest BCUT2D eigenvalue weighted by Gasteiger charge is 2.13. The molecule has 0 saturated carbocycles. The number of rotatable bonds is 5. The number of benzene rings is 1. The van der Waals surface area contributed by atoms with Gasteiger partial charge in [0.05, 0.1) is 7.11 Å². The fourth-order valence-corrected chi connectivity index (χ4v) is 2.45. The molecule has 4 nitrogen and oxygen atoms in total. The van der Waals surface area contributed by atoms with Crippen LogP contribution in [0, 0.1) is 0 Å². The molecule has 0 atom stereocenters. The van der Waals surface area contributed by atoms with E-state index in [1.54, 1.807) is 13.2 Å². The number of hydrogen-bond acceptors (Lipinski definition) is 2. The monoisotopic (exact) mass is 336 g/mol. The van der Waals surface area contributed by atoms with Gasteiger partial charge in [0.1, 0.15) is 11.4 Å². The number of aromatic nitrogens is 1. The van der Waals surface area contributed by atoms with Crippen LogP contribution in [0.15, 0.2) is 41.0 Å². The lowest BCUT2D eigenvalue weighted by molar-refractivity contribution is 0.101. The van der Waals surface area contributed by atoms with Crippen molar-refractivity contribution in [3.05, 3.63) is 46.7 Å². The maximum absolute atomic E-state index is 12.3. The van der Waals surface area contributed by atoms with Gasteiger partial charge in [0.2, 0.25) is 0 Å². The maximum atomic E-state index is 12.3. The van der Waals surface area contributed by atoms with Gasteiger partial charge in [-0.3, -0.25) is 4.79 Å². The van der Waals surface area contributed by atoms with Crippen LogP contribution in [-0.4, -0.2) is 17.6 Å². The molecular weight excluding hydrogens is 320 g/mol. The molecule has 0 bridgehead atoms. The first kappa shape index (κ1) is 14.7. The largest absolute Gasteiger partial charge is 0.497 e. The highest BCUT2D eigenvalue weighted by atomic mass is 79.9. The Morgan fingerprint density at radius 2 is 2.20 bits per heavy atom. The number of nitrogens with one attached hydrogen (secondary N) is 1. The lowest BCUT2D eigenvalue weighted by atomic mass is 10.3. The number of halogens is 1. The Balaban J connectivity index is 2.19. The molecule has 1 aromatic heterocycles. The van der Waals surface area contributed by atoms with Gasteiger partial charge in [0.25, 0.3) is 5.91 Å². The minimum atomic E-state index is -0.127. The van der Waals surface area contributed by atoms with E-state index in [0.717, 1.165) is 23.1 Å². The second kappa shape index (κ2) is 6.61. The van der Waals surface area contributed by atoms with Crippen LogP contribution in [0.25, 0.3) is 0 Å². The van der Waals surface area contributed by atoms with E-state index in [9.17, 15) is 4.79 Å². The van der Waals surface area contributed by atoms with Crippen molar-refractivity contribution in [3.63, 3.8) is 0 Å². The molecule has 0 aliphatic carbocycles. The summed E-state index contributed by atoms with van der Waals surface area (Å²) >= 11 is 3.41. The number of nitrogens with zero attached hydrogens (tertiary/aromatic N) is 1. The van der Waals surface area contributed by atoms with E-state index in [0.29, 0.717) is 11.4 Å². The number of ether oxygens (including phenoxy) is 1. The standard InChI is InChI=1S/C15H17BrN2O2/c1-3-7-18-10-11(16)8-14(18)15(19)17-12-5-4-6-13(9-12)20-2/h4-6,8-10H,3,7H2,1-2H3,(H,17,19). The molecule has 106 valence electrons. The lowest BCUT2D eigenvalue weighted by Gasteiger charge is -2.09. The average Bonchev–Trinajstić information content (AvgIpc) is 2.80. The van der Waals surface area contributed by atoms with Crippen LogP contribution in [0.1, 0.15) is 23.8 Å². The van der Waals surface area contributed by atoms with Crippen molar-refractivity contribution in [2.45, 2.75) is 19.9 Å². The summed E-state index contributed by atoms with van der Waals surface area (Å²) in [5.74, 6) is 0.588. The fraction of sp³-hybridized carbons (Fsp3) is 0.267. The van der Waals surface area contributed by atoms with E-state index < -0.39 is 0 Å². The SMILES string of the molecule is CCCn1cc(Br)cc1C(=O)Nc1cccc(OC)c1. The summed E-state index contributed by atoms with van der Waals surface area (Å²) in [6.07, 6.45) is 2.89. The van der Waals surface area contributed by atoms with Gasteiger partial charge in [-0.1, -0.05) is 13.0 Å². The van der Waals surface area contributed by atoms with Crippen molar-refractivity contribution < 1.29 is 9.53 Å². The minimum absolute atomic E-state index is 0.127. The predicted octanol–water partition coefficient (Wildman–Crippen LogP) is 3.92. The number of amides is 1. The molecule has 20 heavy (non-hydrogen) atoms. The molecule has 1 heterocycles. The summed E-state index contributed by atoms with van der Waals surface area (Å²) in [6.45, 7) is 2.89. The molecule has 0 unspecified atom stereocenters. The Hall–Kier alpha value is -1.75. The first-order chi connectivity index (χ1) is 9.63. The van der Waals surface area contributed by atoms with Gasteiger partial charge in [-0.25, -0.2) is 0 Å². The highest BCUT2D eigenvalue weighted by molar-refractivity contribution is 9.10. The number of aryl methyl sites for hydroxylation is 1. The molecule has 1 aromatic carbocycles. The summed E-state index contributed by atoms with van der Waals surface area (Å²) in [7, 11) is 1.60. The van der Waals surface area contributed by atoms with E-state index in [-0.39, 0.29) is 5.91 Å². The first-order valence-corrected chi connectivity index (χ1v) is 7.24. The summed E-state index contributed by atoms with van der Waals surface area (Å²) in [6, 6.07) is 9.13. The van der Waals surface area contributed by atoms with Crippen molar-refractivity contribution >= 4 is 27.5 Å². The van der Waals surface area contributed by atoms with E-state index in [4.69, 9.17) is 4.74 Å². The molecule has 0 spiro atoms. The van der Waals surface area contributed by atoms with E-state index in [1.807, 2.05) is 35.0 Å². The molecule has 0 aliphatic rings. The number of hydrogen-bond donors (Lipinski definition) is 1. The lowest BCUT2D eigenvalue weighted by Crippen LogP contribution is -2.16. The van der Waals surface area contributed by atoms with Crippen molar-refractivity contribution in [2.24, 2.45) is 0 Å². The zero-order chi connectivity index (χ0) is 14.5. The topological polar surface area (TPSA) is 43.3 Å². The summed E-state index contributed by atoms with van der Waals surface area (Å²) < 4.78 is 7.99. The molecule has 2 aromatic rings. The third kappa shape index (κ3) is 3.42.